The Morgan fingerprint density at radius 3 is 2.91 bits per heavy atom. The molecule has 3 heterocycles. The topological polar surface area (TPSA) is 45.3 Å². The van der Waals surface area contributed by atoms with Crippen LogP contribution in [0.1, 0.15) is 57.3 Å². The molecule has 2 bridgehead atoms. The molecule has 1 N–H and O–H groups in total. The van der Waals surface area contributed by atoms with Crippen LogP contribution in [0.5, 0.6) is 0 Å². The molecule has 3 aliphatic rings. The third-order valence-electron chi connectivity index (χ3n) is 4.98. The lowest BCUT2D eigenvalue weighted by Gasteiger charge is -2.36. The number of aromatic amines is 1. The Morgan fingerprint density at radius 1 is 1.39 bits per heavy atom. The van der Waals surface area contributed by atoms with E-state index in [0.717, 1.165) is 35.5 Å². The van der Waals surface area contributed by atoms with Gasteiger partial charge in [0.1, 0.15) is 11.8 Å². The second-order valence-corrected chi connectivity index (χ2v) is 7.81. The molecule has 23 heavy (non-hydrogen) atoms. The van der Waals surface area contributed by atoms with Crippen LogP contribution < -0.4 is 10.6 Å². The van der Waals surface area contributed by atoms with Crippen molar-refractivity contribution in [2.75, 3.05) is 0 Å². The number of amides is 1. The molecule has 3 unspecified atom stereocenters. The number of hydrogen-bond acceptors (Lipinski definition) is 2. The molecule has 1 aromatic rings. The Morgan fingerprint density at radius 2 is 2.17 bits per heavy atom. The van der Waals surface area contributed by atoms with Gasteiger partial charge in [-0.3, -0.25) is 4.90 Å². The number of ether oxygens (including phenoxy) is 1. The van der Waals surface area contributed by atoms with Crippen molar-refractivity contribution in [3.8, 4) is 0 Å². The Kier molecular flexibility index (Phi) is 3.12. The molecule has 1 saturated heterocycles. The van der Waals surface area contributed by atoms with E-state index >= 15 is 0 Å². The van der Waals surface area contributed by atoms with Crippen molar-refractivity contribution >= 4 is 18.2 Å². The predicted octanol–water partition coefficient (Wildman–Crippen LogP) is 2.31. The quantitative estimate of drug-likeness (QED) is 0.798. The number of nitrogens with zero attached hydrogens (tertiary/aromatic N) is 1. The van der Waals surface area contributed by atoms with E-state index in [9.17, 15) is 9.18 Å². The van der Waals surface area contributed by atoms with Crippen LogP contribution in [-0.4, -0.2) is 33.8 Å². The van der Waals surface area contributed by atoms with Crippen LogP contribution in [0.2, 0.25) is 0 Å². The zero-order chi connectivity index (χ0) is 16.4. The van der Waals surface area contributed by atoms with Crippen molar-refractivity contribution in [3.63, 3.8) is 0 Å². The fourth-order valence-corrected chi connectivity index (χ4v) is 4.12. The first kappa shape index (κ1) is 14.8. The van der Waals surface area contributed by atoms with E-state index < -0.39 is 11.8 Å². The molecule has 124 valence electrons. The largest absolute Gasteiger partial charge is 0.444 e. The number of hydrogen-bond donors (Lipinski definition) is 1. The van der Waals surface area contributed by atoms with Crippen LogP contribution in [0.4, 0.5) is 9.18 Å². The number of H-pyrrole nitrogens is 1. The Hall–Kier alpha value is -1.78. The maximum Gasteiger partial charge on any atom is 0.411 e. The predicted molar refractivity (Wildman–Crippen MR) is 86.0 cm³/mol. The van der Waals surface area contributed by atoms with Crippen molar-refractivity contribution < 1.29 is 13.9 Å². The Bertz CT molecular complexity index is 774. The number of halogens is 1. The monoisotopic (exact) mass is 318 g/mol. The van der Waals surface area contributed by atoms with Gasteiger partial charge in [-0.1, -0.05) is 6.08 Å². The van der Waals surface area contributed by atoms with Gasteiger partial charge in [-0.25, -0.2) is 9.18 Å². The zero-order valence-electron chi connectivity index (χ0n) is 13.9. The van der Waals surface area contributed by atoms with Gasteiger partial charge in [-0.15, -0.1) is 0 Å². The second kappa shape index (κ2) is 4.86. The van der Waals surface area contributed by atoms with Gasteiger partial charge >= 0.3 is 6.09 Å². The van der Waals surface area contributed by atoms with E-state index in [1.807, 2.05) is 31.7 Å². The molecular formula is C18H23FN2O2. The maximum atomic E-state index is 13.7. The van der Waals surface area contributed by atoms with Crippen LogP contribution in [0, 0.1) is 0 Å². The fraction of sp³-hybridized carbons (Fsp3) is 0.611. The van der Waals surface area contributed by atoms with E-state index in [4.69, 9.17) is 4.74 Å². The van der Waals surface area contributed by atoms with E-state index in [-0.39, 0.29) is 18.2 Å². The van der Waals surface area contributed by atoms with Gasteiger partial charge in [0, 0.05) is 28.7 Å². The molecule has 4 rings (SSSR count). The molecule has 0 saturated carbocycles. The lowest BCUT2D eigenvalue weighted by atomic mass is 9.97. The Labute approximate surface area is 135 Å². The first-order valence-electron chi connectivity index (χ1n) is 8.41. The molecule has 0 spiro atoms. The molecule has 1 amide bonds. The third kappa shape index (κ3) is 2.37. The first-order valence-corrected chi connectivity index (χ1v) is 8.41. The van der Waals surface area contributed by atoms with Gasteiger partial charge < -0.3 is 9.72 Å². The maximum absolute atomic E-state index is 13.7. The smallest absolute Gasteiger partial charge is 0.411 e. The summed E-state index contributed by atoms with van der Waals surface area (Å²) in [5.41, 5.74) is 1.79. The van der Waals surface area contributed by atoms with Crippen LogP contribution in [0.25, 0.3) is 12.2 Å². The van der Waals surface area contributed by atoms with Gasteiger partial charge in [0.15, 0.2) is 0 Å². The number of fused-ring (bicyclic) bond motifs is 6. The molecule has 5 heteroatoms. The highest BCUT2D eigenvalue weighted by molar-refractivity contribution is 5.70. The third-order valence-corrected chi connectivity index (χ3v) is 4.98. The fourth-order valence-electron chi connectivity index (χ4n) is 4.12. The molecule has 0 aromatic carbocycles. The average molecular weight is 318 g/mol. The highest BCUT2D eigenvalue weighted by Gasteiger charge is 2.45. The second-order valence-electron chi connectivity index (χ2n) is 7.81. The number of aromatic nitrogens is 1. The summed E-state index contributed by atoms with van der Waals surface area (Å²) in [6.07, 6.45) is 5.66. The van der Waals surface area contributed by atoms with Gasteiger partial charge in [0.25, 0.3) is 0 Å². The SMILES string of the molecule is CC(C)(C)OC(=O)N1C2CCC1c1[nH]c3c(c1C2)=CC(F)CC=3. The van der Waals surface area contributed by atoms with Gasteiger partial charge in [0.05, 0.1) is 6.04 Å². The minimum atomic E-state index is -0.899. The summed E-state index contributed by atoms with van der Waals surface area (Å²) in [5, 5.41) is 2.03. The highest BCUT2D eigenvalue weighted by Crippen LogP contribution is 2.42. The summed E-state index contributed by atoms with van der Waals surface area (Å²) in [5.74, 6) is 0. The normalized spacial score (nSPS) is 28.5. The van der Waals surface area contributed by atoms with Crippen LogP contribution in [0.3, 0.4) is 0 Å². The summed E-state index contributed by atoms with van der Waals surface area (Å²) >= 11 is 0. The molecule has 1 aliphatic carbocycles. The van der Waals surface area contributed by atoms with Crippen molar-refractivity contribution in [2.24, 2.45) is 0 Å². The highest BCUT2D eigenvalue weighted by atomic mass is 19.1. The average Bonchev–Trinajstić information content (AvgIpc) is 2.96. The summed E-state index contributed by atoms with van der Waals surface area (Å²) in [4.78, 5) is 17.9. The number of alkyl halides is 1. The van der Waals surface area contributed by atoms with Gasteiger partial charge in [0.2, 0.25) is 0 Å². The standard InChI is InChI=1S/C18H23FN2O2/c1-18(2,3)23-17(22)21-11-5-7-15(21)16-13(9-11)12-8-10(19)4-6-14(12)20-16/h6,8,10-11,15,20H,4-5,7,9H2,1-3H3. The van der Waals surface area contributed by atoms with E-state index in [1.165, 1.54) is 5.56 Å². The summed E-state index contributed by atoms with van der Waals surface area (Å²) in [6.45, 7) is 5.67. The molecular weight excluding hydrogens is 295 g/mol. The summed E-state index contributed by atoms with van der Waals surface area (Å²) < 4.78 is 19.3. The Balaban J connectivity index is 1.73. The van der Waals surface area contributed by atoms with E-state index in [2.05, 4.69) is 4.98 Å². The van der Waals surface area contributed by atoms with Gasteiger partial charge in [-0.05, 0) is 51.7 Å². The summed E-state index contributed by atoms with van der Waals surface area (Å²) in [6, 6.07) is 0.194. The lowest BCUT2D eigenvalue weighted by molar-refractivity contribution is 0.0121. The zero-order valence-corrected chi connectivity index (χ0v) is 13.9. The van der Waals surface area contributed by atoms with Gasteiger partial charge in [-0.2, -0.15) is 0 Å². The van der Waals surface area contributed by atoms with Crippen molar-refractivity contribution in [1.29, 1.82) is 0 Å². The van der Waals surface area contributed by atoms with Crippen molar-refractivity contribution in [3.05, 3.63) is 21.8 Å². The first-order chi connectivity index (χ1) is 10.8. The number of rotatable bonds is 0. The molecule has 4 nitrogen and oxygen atoms in total. The number of carbonyl (C=O) groups is 1. The number of carbonyl (C=O) groups excluding carboxylic acids is 1. The lowest BCUT2D eigenvalue weighted by Crippen LogP contribution is -2.45. The molecule has 1 fully saturated rings. The molecule has 0 radical (unpaired) electrons. The summed E-state index contributed by atoms with van der Waals surface area (Å²) in [7, 11) is 0. The van der Waals surface area contributed by atoms with Crippen molar-refractivity contribution in [1.82, 2.24) is 9.88 Å². The molecule has 3 atom stereocenters. The van der Waals surface area contributed by atoms with Crippen LogP contribution in [0.15, 0.2) is 0 Å². The van der Waals surface area contributed by atoms with Crippen LogP contribution >= 0.6 is 0 Å². The van der Waals surface area contributed by atoms with E-state index in [1.54, 1.807) is 6.08 Å². The van der Waals surface area contributed by atoms with Crippen molar-refractivity contribution in [2.45, 2.75) is 70.3 Å². The van der Waals surface area contributed by atoms with Crippen LogP contribution in [-0.2, 0) is 11.2 Å². The minimum Gasteiger partial charge on any atom is -0.444 e. The van der Waals surface area contributed by atoms with E-state index in [0.29, 0.717) is 6.42 Å². The molecule has 2 aliphatic heterocycles. The molecule has 1 aromatic heterocycles. The minimum absolute atomic E-state index is 0.0315. The number of nitrogens with one attached hydrogen (secondary N) is 1.